The molecule has 3 aromatic rings. The summed E-state index contributed by atoms with van der Waals surface area (Å²) in [6, 6.07) is 14.6. The Bertz CT molecular complexity index is 862. The predicted octanol–water partition coefficient (Wildman–Crippen LogP) is 3.54. The maximum atomic E-state index is 12.2. The molecule has 1 aromatic heterocycles. The van der Waals surface area contributed by atoms with Crippen LogP contribution in [0.25, 0.3) is 11.3 Å². The van der Waals surface area contributed by atoms with Gasteiger partial charge in [0.25, 0.3) is 5.56 Å². The van der Waals surface area contributed by atoms with E-state index in [2.05, 4.69) is 20.5 Å². The smallest absolute Gasteiger partial charge is 0.279 e. The summed E-state index contributed by atoms with van der Waals surface area (Å²) in [5.41, 5.74) is 2.48. The minimum absolute atomic E-state index is 0.287. The number of benzene rings is 2. The van der Waals surface area contributed by atoms with Crippen LogP contribution in [-0.4, -0.2) is 15.2 Å². The number of H-pyrrole nitrogens is 1. The maximum Gasteiger partial charge on any atom is 0.279 e. The van der Waals surface area contributed by atoms with Crippen LogP contribution in [0.5, 0.6) is 0 Å². The molecule has 0 fully saturated rings. The van der Waals surface area contributed by atoms with Crippen LogP contribution in [0.4, 0.5) is 11.6 Å². The van der Waals surface area contributed by atoms with E-state index in [0.717, 1.165) is 16.8 Å². The topological polar surface area (TPSA) is 70.7 Å². The van der Waals surface area contributed by atoms with Crippen LogP contribution in [0.2, 0.25) is 5.02 Å². The molecule has 110 valence electrons. The van der Waals surface area contributed by atoms with Gasteiger partial charge in [0, 0.05) is 16.3 Å². The highest BCUT2D eigenvalue weighted by Crippen LogP contribution is 2.21. The van der Waals surface area contributed by atoms with Gasteiger partial charge in [0.2, 0.25) is 5.95 Å². The molecule has 2 N–H and O–H groups in total. The number of aromatic amines is 1. The second kappa shape index (κ2) is 5.99. The third-order valence-electron chi connectivity index (χ3n) is 3.19. The van der Waals surface area contributed by atoms with Gasteiger partial charge in [0.05, 0.1) is 0 Å². The van der Waals surface area contributed by atoms with Gasteiger partial charge in [-0.05, 0) is 30.7 Å². The van der Waals surface area contributed by atoms with E-state index in [4.69, 9.17) is 11.6 Å². The molecule has 0 saturated heterocycles. The van der Waals surface area contributed by atoms with Crippen molar-refractivity contribution in [2.75, 3.05) is 5.32 Å². The molecule has 6 heteroatoms. The molecule has 0 aliphatic rings. The molecule has 0 atom stereocenters. The van der Waals surface area contributed by atoms with Crippen LogP contribution in [0, 0.1) is 6.92 Å². The van der Waals surface area contributed by atoms with Gasteiger partial charge in [-0.1, -0.05) is 41.9 Å². The number of aryl methyl sites for hydroxylation is 1. The number of anilines is 2. The molecule has 1 heterocycles. The van der Waals surface area contributed by atoms with Gasteiger partial charge in [-0.15, -0.1) is 10.2 Å². The lowest BCUT2D eigenvalue weighted by Gasteiger charge is -2.08. The highest BCUT2D eigenvalue weighted by Gasteiger charge is 2.08. The van der Waals surface area contributed by atoms with Crippen molar-refractivity contribution < 1.29 is 0 Å². The first-order valence-corrected chi connectivity index (χ1v) is 7.07. The van der Waals surface area contributed by atoms with Gasteiger partial charge in [0.15, 0.2) is 5.69 Å². The molecule has 0 unspecified atom stereocenters. The fraction of sp³-hybridized carbons (Fsp3) is 0.0625. The SMILES string of the molecule is Cc1cc(Cl)ccc1Nc1nnc(-c2ccccc2)c(=O)[nH]1. The summed E-state index contributed by atoms with van der Waals surface area (Å²) in [5.74, 6) is 0.287. The van der Waals surface area contributed by atoms with E-state index in [9.17, 15) is 4.79 Å². The molecule has 0 radical (unpaired) electrons. The first kappa shape index (κ1) is 14.3. The highest BCUT2D eigenvalue weighted by atomic mass is 35.5. The largest absolute Gasteiger partial charge is 0.324 e. The van der Waals surface area contributed by atoms with E-state index in [1.54, 1.807) is 6.07 Å². The number of halogens is 1. The first-order valence-electron chi connectivity index (χ1n) is 6.69. The summed E-state index contributed by atoms with van der Waals surface area (Å²) >= 11 is 5.92. The van der Waals surface area contributed by atoms with E-state index in [0.29, 0.717) is 10.7 Å². The average molecular weight is 313 g/mol. The van der Waals surface area contributed by atoms with E-state index < -0.39 is 0 Å². The van der Waals surface area contributed by atoms with Crippen molar-refractivity contribution in [1.29, 1.82) is 0 Å². The zero-order valence-electron chi connectivity index (χ0n) is 11.8. The van der Waals surface area contributed by atoms with Gasteiger partial charge in [-0.2, -0.15) is 0 Å². The Kier molecular flexibility index (Phi) is 3.89. The van der Waals surface area contributed by atoms with Crippen molar-refractivity contribution in [3.8, 4) is 11.3 Å². The summed E-state index contributed by atoms with van der Waals surface area (Å²) < 4.78 is 0. The van der Waals surface area contributed by atoms with Crippen LogP contribution in [0.15, 0.2) is 53.3 Å². The lowest BCUT2D eigenvalue weighted by atomic mass is 10.2. The zero-order chi connectivity index (χ0) is 15.5. The normalized spacial score (nSPS) is 10.5. The molecule has 0 aliphatic carbocycles. The molecule has 0 aliphatic heterocycles. The van der Waals surface area contributed by atoms with Crippen LogP contribution in [0.1, 0.15) is 5.56 Å². The molecule has 0 bridgehead atoms. The Hall–Kier alpha value is -2.66. The number of aromatic nitrogens is 3. The average Bonchev–Trinajstić information content (AvgIpc) is 2.51. The van der Waals surface area contributed by atoms with Crippen molar-refractivity contribution in [2.45, 2.75) is 6.92 Å². The van der Waals surface area contributed by atoms with Crippen molar-refractivity contribution in [3.05, 3.63) is 69.5 Å². The molecule has 2 aromatic carbocycles. The second-order valence-electron chi connectivity index (χ2n) is 4.80. The third-order valence-corrected chi connectivity index (χ3v) is 3.42. The Morgan fingerprint density at radius 3 is 2.55 bits per heavy atom. The van der Waals surface area contributed by atoms with Gasteiger partial charge in [-0.25, -0.2) is 0 Å². The summed E-state index contributed by atoms with van der Waals surface area (Å²) in [6.45, 7) is 1.91. The summed E-state index contributed by atoms with van der Waals surface area (Å²) in [6.07, 6.45) is 0. The quantitative estimate of drug-likeness (QED) is 0.776. The van der Waals surface area contributed by atoms with Crippen LogP contribution in [-0.2, 0) is 0 Å². The number of rotatable bonds is 3. The number of nitrogens with zero attached hydrogens (tertiary/aromatic N) is 2. The lowest BCUT2D eigenvalue weighted by molar-refractivity contribution is 0.961. The second-order valence-corrected chi connectivity index (χ2v) is 5.24. The highest BCUT2D eigenvalue weighted by molar-refractivity contribution is 6.30. The summed E-state index contributed by atoms with van der Waals surface area (Å²) in [7, 11) is 0. The Balaban J connectivity index is 1.91. The molecular formula is C16H13ClN4O. The molecular weight excluding hydrogens is 300 g/mol. The monoisotopic (exact) mass is 312 g/mol. The Morgan fingerprint density at radius 1 is 1.09 bits per heavy atom. The lowest BCUT2D eigenvalue weighted by Crippen LogP contribution is -2.15. The van der Waals surface area contributed by atoms with Crippen molar-refractivity contribution in [2.24, 2.45) is 0 Å². The standard InChI is InChI=1S/C16H13ClN4O/c1-10-9-12(17)7-8-13(10)18-16-19-15(22)14(20-21-16)11-5-3-2-4-6-11/h2-9H,1H3,(H2,18,19,21,22). The fourth-order valence-electron chi connectivity index (χ4n) is 2.07. The van der Waals surface area contributed by atoms with E-state index >= 15 is 0 Å². The molecule has 0 spiro atoms. The van der Waals surface area contributed by atoms with E-state index in [1.807, 2.05) is 49.4 Å². The van der Waals surface area contributed by atoms with E-state index in [1.165, 1.54) is 0 Å². The van der Waals surface area contributed by atoms with Crippen LogP contribution >= 0.6 is 11.6 Å². The van der Waals surface area contributed by atoms with Crippen molar-refractivity contribution in [1.82, 2.24) is 15.2 Å². The molecule has 3 rings (SSSR count). The Labute approximate surface area is 132 Å². The minimum Gasteiger partial charge on any atom is -0.324 e. The van der Waals surface area contributed by atoms with E-state index in [-0.39, 0.29) is 11.5 Å². The van der Waals surface area contributed by atoms with Gasteiger partial charge in [-0.3, -0.25) is 9.78 Å². The summed E-state index contributed by atoms with van der Waals surface area (Å²) in [4.78, 5) is 14.8. The first-order chi connectivity index (χ1) is 10.6. The summed E-state index contributed by atoms with van der Waals surface area (Å²) in [5, 5.41) is 11.7. The number of hydrogen-bond donors (Lipinski definition) is 2. The molecule has 22 heavy (non-hydrogen) atoms. The van der Waals surface area contributed by atoms with Crippen molar-refractivity contribution >= 4 is 23.2 Å². The van der Waals surface area contributed by atoms with Gasteiger partial charge in [0.1, 0.15) is 0 Å². The maximum absolute atomic E-state index is 12.2. The third kappa shape index (κ3) is 2.99. The fourth-order valence-corrected chi connectivity index (χ4v) is 2.30. The van der Waals surface area contributed by atoms with Crippen molar-refractivity contribution in [3.63, 3.8) is 0 Å². The van der Waals surface area contributed by atoms with Gasteiger partial charge < -0.3 is 5.32 Å². The minimum atomic E-state index is -0.296. The number of nitrogens with one attached hydrogen (secondary N) is 2. The molecule has 5 nitrogen and oxygen atoms in total. The Morgan fingerprint density at radius 2 is 1.86 bits per heavy atom. The predicted molar refractivity (Wildman–Crippen MR) is 87.6 cm³/mol. The molecule has 0 saturated carbocycles. The zero-order valence-corrected chi connectivity index (χ0v) is 12.6. The van der Waals surface area contributed by atoms with Crippen LogP contribution in [0.3, 0.4) is 0 Å². The van der Waals surface area contributed by atoms with Gasteiger partial charge >= 0.3 is 0 Å². The van der Waals surface area contributed by atoms with Crippen LogP contribution < -0.4 is 10.9 Å². The molecule has 0 amide bonds. The number of hydrogen-bond acceptors (Lipinski definition) is 4.